The van der Waals surface area contributed by atoms with Gasteiger partial charge < -0.3 is 15.7 Å². The van der Waals surface area contributed by atoms with Gasteiger partial charge in [0.05, 0.1) is 12.3 Å². The van der Waals surface area contributed by atoms with E-state index in [1.807, 2.05) is 48.7 Å². The van der Waals surface area contributed by atoms with E-state index in [-0.39, 0.29) is 12.5 Å². The van der Waals surface area contributed by atoms with Crippen molar-refractivity contribution >= 4 is 22.4 Å². The van der Waals surface area contributed by atoms with Crippen molar-refractivity contribution in [2.45, 2.75) is 25.8 Å². The van der Waals surface area contributed by atoms with Crippen LogP contribution >= 0.6 is 11.3 Å². The van der Waals surface area contributed by atoms with Crippen LogP contribution in [0.3, 0.4) is 0 Å². The first-order chi connectivity index (χ1) is 13.7. The van der Waals surface area contributed by atoms with E-state index in [1.165, 1.54) is 22.5 Å². The lowest BCUT2D eigenvalue weighted by atomic mass is 10.1. The molecule has 3 N–H and O–H groups in total. The van der Waals surface area contributed by atoms with E-state index in [9.17, 15) is 9.90 Å². The molecule has 28 heavy (non-hydrogen) atoms. The SMILES string of the molecule is Cc1cccc(-c2csc(N[C@@H](CO)C(=O)NCCCc3ccccc3)n2)c1. The standard InChI is InChI=1S/C22H25N3O2S/c1-16-7-5-11-18(13-16)20-15-28-22(25-20)24-19(14-26)21(27)23-12-6-10-17-8-3-2-4-9-17/h2-5,7-9,11,13,15,19,26H,6,10,12,14H2,1H3,(H,23,27)(H,24,25)/t19-/m0/s1. The maximum atomic E-state index is 12.4. The molecule has 0 radical (unpaired) electrons. The van der Waals surface area contributed by atoms with Gasteiger partial charge in [0.1, 0.15) is 6.04 Å². The third-order valence-corrected chi connectivity index (χ3v) is 5.17. The number of carbonyl (C=O) groups is 1. The fraction of sp³-hybridized carbons (Fsp3) is 0.273. The molecule has 0 aliphatic heterocycles. The molecule has 0 saturated carbocycles. The highest BCUT2D eigenvalue weighted by atomic mass is 32.1. The summed E-state index contributed by atoms with van der Waals surface area (Å²) < 4.78 is 0. The van der Waals surface area contributed by atoms with Crippen molar-refractivity contribution in [1.82, 2.24) is 10.3 Å². The van der Waals surface area contributed by atoms with Gasteiger partial charge in [-0.3, -0.25) is 4.79 Å². The zero-order chi connectivity index (χ0) is 19.8. The van der Waals surface area contributed by atoms with Gasteiger partial charge >= 0.3 is 0 Å². The molecule has 2 aromatic carbocycles. The normalized spacial score (nSPS) is 11.8. The Hall–Kier alpha value is -2.70. The summed E-state index contributed by atoms with van der Waals surface area (Å²) in [6.45, 7) is 2.32. The Kier molecular flexibility index (Phi) is 7.17. The summed E-state index contributed by atoms with van der Waals surface area (Å²) >= 11 is 1.42. The molecular weight excluding hydrogens is 370 g/mol. The molecule has 6 heteroatoms. The van der Waals surface area contributed by atoms with Gasteiger partial charge in [-0.15, -0.1) is 11.3 Å². The molecule has 3 aromatic rings. The van der Waals surface area contributed by atoms with Crippen molar-refractivity contribution in [1.29, 1.82) is 0 Å². The van der Waals surface area contributed by atoms with E-state index in [1.54, 1.807) is 0 Å². The number of anilines is 1. The number of thiazole rings is 1. The monoisotopic (exact) mass is 395 g/mol. The van der Waals surface area contributed by atoms with Gasteiger partial charge in [0, 0.05) is 17.5 Å². The van der Waals surface area contributed by atoms with Crippen molar-refractivity contribution in [3.63, 3.8) is 0 Å². The third-order valence-electron chi connectivity index (χ3n) is 4.40. The minimum Gasteiger partial charge on any atom is -0.394 e. The van der Waals surface area contributed by atoms with Crippen LogP contribution in [0.15, 0.2) is 60.0 Å². The largest absolute Gasteiger partial charge is 0.394 e. The van der Waals surface area contributed by atoms with Gasteiger partial charge in [-0.2, -0.15) is 0 Å². The summed E-state index contributed by atoms with van der Waals surface area (Å²) in [4.78, 5) is 16.9. The second kappa shape index (κ2) is 10.0. The molecule has 0 saturated heterocycles. The first-order valence-electron chi connectivity index (χ1n) is 9.37. The van der Waals surface area contributed by atoms with E-state index in [0.717, 1.165) is 24.1 Å². The number of amides is 1. The molecular formula is C22H25N3O2S. The smallest absolute Gasteiger partial charge is 0.244 e. The second-order valence-electron chi connectivity index (χ2n) is 6.67. The van der Waals surface area contributed by atoms with E-state index in [0.29, 0.717) is 11.7 Å². The van der Waals surface area contributed by atoms with Gasteiger partial charge in [-0.1, -0.05) is 54.1 Å². The highest BCUT2D eigenvalue weighted by Gasteiger charge is 2.18. The topological polar surface area (TPSA) is 74.2 Å². The van der Waals surface area contributed by atoms with Crippen molar-refractivity contribution < 1.29 is 9.90 Å². The number of nitrogens with zero attached hydrogens (tertiary/aromatic N) is 1. The molecule has 0 aliphatic carbocycles. The second-order valence-corrected chi connectivity index (χ2v) is 7.53. The molecule has 0 unspecified atom stereocenters. The Morgan fingerprint density at radius 2 is 2.00 bits per heavy atom. The number of nitrogens with one attached hydrogen (secondary N) is 2. The molecule has 3 rings (SSSR count). The van der Waals surface area contributed by atoms with Gasteiger partial charge in [0.15, 0.2) is 5.13 Å². The van der Waals surface area contributed by atoms with Gasteiger partial charge in [-0.05, 0) is 31.4 Å². The van der Waals surface area contributed by atoms with Crippen LogP contribution in [0.4, 0.5) is 5.13 Å². The molecule has 0 spiro atoms. The minimum atomic E-state index is -0.715. The summed E-state index contributed by atoms with van der Waals surface area (Å²) in [6, 6.07) is 17.6. The highest BCUT2D eigenvalue weighted by Crippen LogP contribution is 2.25. The summed E-state index contributed by atoms with van der Waals surface area (Å²) in [5.74, 6) is -0.220. The molecule has 1 atom stereocenters. The number of aliphatic hydroxyl groups is 1. The van der Waals surface area contributed by atoms with Crippen LogP contribution in [0, 0.1) is 6.92 Å². The Bertz CT molecular complexity index is 896. The lowest BCUT2D eigenvalue weighted by Gasteiger charge is -2.15. The fourth-order valence-corrected chi connectivity index (χ4v) is 3.67. The van der Waals surface area contributed by atoms with Crippen LogP contribution in [0.5, 0.6) is 0 Å². The zero-order valence-corrected chi connectivity index (χ0v) is 16.7. The predicted octanol–water partition coefficient (Wildman–Crippen LogP) is 3.64. The average molecular weight is 396 g/mol. The number of rotatable bonds is 9. The number of aryl methyl sites for hydroxylation is 2. The van der Waals surface area contributed by atoms with Gasteiger partial charge in [0.2, 0.25) is 5.91 Å². The number of hydrogen-bond donors (Lipinski definition) is 3. The quantitative estimate of drug-likeness (QED) is 0.484. The lowest BCUT2D eigenvalue weighted by molar-refractivity contribution is -0.122. The maximum absolute atomic E-state index is 12.4. The maximum Gasteiger partial charge on any atom is 0.244 e. The molecule has 0 bridgehead atoms. The summed E-state index contributed by atoms with van der Waals surface area (Å²) in [6.07, 6.45) is 1.76. The van der Waals surface area contributed by atoms with Gasteiger partial charge in [0.25, 0.3) is 0 Å². The Morgan fingerprint density at radius 1 is 1.18 bits per heavy atom. The Balaban J connectivity index is 1.50. The van der Waals surface area contributed by atoms with Crippen LogP contribution in [-0.2, 0) is 11.2 Å². The van der Waals surface area contributed by atoms with Crippen LogP contribution < -0.4 is 10.6 Å². The first-order valence-corrected chi connectivity index (χ1v) is 10.3. The highest BCUT2D eigenvalue weighted by molar-refractivity contribution is 7.14. The van der Waals surface area contributed by atoms with Gasteiger partial charge in [-0.25, -0.2) is 4.98 Å². The summed E-state index contributed by atoms with van der Waals surface area (Å²) in [5.41, 5.74) is 4.31. The van der Waals surface area contributed by atoms with Crippen molar-refractivity contribution in [3.8, 4) is 11.3 Å². The van der Waals surface area contributed by atoms with Crippen LogP contribution in [0.25, 0.3) is 11.3 Å². The van der Waals surface area contributed by atoms with Crippen molar-refractivity contribution in [3.05, 3.63) is 71.1 Å². The minimum absolute atomic E-state index is 0.220. The average Bonchev–Trinajstić information content (AvgIpc) is 3.19. The molecule has 1 amide bonds. The van der Waals surface area contributed by atoms with Crippen LogP contribution in [0.1, 0.15) is 17.5 Å². The van der Waals surface area contributed by atoms with Crippen LogP contribution in [0.2, 0.25) is 0 Å². The zero-order valence-electron chi connectivity index (χ0n) is 15.9. The number of hydrogen-bond acceptors (Lipinski definition) is 5. The fourth-order valence-electron chi connectivity index (χ4n) is 2.89. The molecule has 1 aromatic heterocycles. The number of carbonyl (C=O) groups excluding carboxylic acids is 1. The number of aromatic nitrogens is 1. The first kappa shape index (κ1) is 20.0. The number of aliphatic hydroxyl groups excluding tert-OH is 1. The lowest BCUT2D eigenvalue weighted by Crippen LogP contribution is -2.42. The summed E-state index contributed by atoms with van der Waals surface area (Å²) in [7, 11) is 0. The molecule has 0 fully saturated rings. The van der Waals surface area contributed by atoms with E-state index in [4.69, 9.17) is 0 Å². The summed E-state index contributed by atoms with van der Waals surface area (Å²) in [5, 5.41) is 18.1. The van der Waals surface area contributed by atoms with E-state index in [2.05, 4.69) is 33.8 Å². The Labute approximate surface area is 169 Å². The predicted molar refractivity (Wildman–Crippen MR) is 115 cm³/mol. The third kappa shape index (κ3) is 5.65. The molecule has 146 valence electrons. The molecule has 1 heterocycles. The molecule has 0 aliphatic rings. The number of benzene rings is 2. The van der Waals surface area contributed by atoms with Crippen LogP contribution in [-0.4, -0.2) is 35.2 Å². The Morgan fingerprint density at radius 3 is 2.75 bits per heavy atom. The van der Waals surface area contributed by atoms with Crippen molar-refractivity contribution in [2.24, 2.45) is 0 Å². The van der Waals surface area contributed by atoms with Crippen molar-refractivity contribution in [2.75, 3.05) is 18.5 Å². The van der Waals surface area contributed by atoms with E-state index < -0.39 is 6.04 Å². The molecule has 5 nitrogen and oxygen atoms in total. The van der Waals surface area contributed by atoms with E-state index >= 15 is 0 Å².